The van der Waals surface area contributed by atoms with Crippen molar-refractivity contribution in [1.82, 2.24) is 9.55 Å². The molecule has 1 aliphatic heterocycles. The van der Waals surface area contributed by atoms with Gasteiger partial charge in [0.25, 0.3) is 5.56 Å². The van der Waals surface area contributed by atoms with Gasteiger partial charge in [0.1, 0.15) is 25.0 Å². The average Bonchev–Trinajstić information content (AvgIpc) is 3.83. The van der Waals surface area contributed by atoms with Gasteiger partial charge in [-0.25, -0.2) is 4.79 Å². The summed E-state index contributed by atoms with van der Waals surface area (Å²) in [7, 11) is 0. The zero-order valence-electron chi connectivity index (χ0n) is 43.5. The maximum atomic E-state index is 13.8. The maximum absolute atomic E-state index is 13.8. The Kier molecular flexibility index (Phi) is 14.3. The number of rotatable bonds is 15. The zero-order chi connectivity index (χ0) is 50.9. The van der Waals surface area contributed by atoms with Gasteiger partial charge >= 0.3 is 29.6 Å². The van der Waals surface area contributed by atoms with Crippen molar-refractivity contribution in [3.63, 3.8) is 0 Å². The molecule has 0 amide bonds. The summed E-state index contributed by atoms with van der Waals surface area (Å²) in [6, 6.07) is -0.719. The summed E-state index contributed by atoms with van der Waals surface area (Å²) in [6.07, 6.45) is 9.90. The van der Waals surface area contributed by atoms with Crippen LogP contribution in [0.3, 0.4) is 0 Å². The number of carbonyl (C=O) groups is 4. The topological polar surface area (TPSA) is 229 Å². The second-order valence-corrected chi connectivity index (χ2v) is 25.7. The minimum atomic E-state index is -1.18. The highest BCUT2D eigenvalue weighted by atomic mass is 16.6. The molecule has 0 unspecified atom stereocenters. The number of hydrogen-bond donors (Lipinski definition) is 2. The number of nitrogens with one attached hydrogen (secondary N) is 1. The minimum Gasteiger partial charge on any atom is -0.481 e. The van der Waals surface area contributed by atoms with Crippen LogP contribution in [-0.4, -0.2) is 70.0 Å². The minimum absolute atomic E-state index is 0.0334. The van der Waals surface area contributed by atoms with Crippen molar-refractivity contribution in [3.05, 3.63) is 43.0 Å². The predicted octanol–water partition coefficient (Wildman–Crippen LogP) is 9.85. The van der Waals surface area contributed by atoms with Crippen molar-refractivity contribution in [2.45, 2.75) is 197 Å². The van der Waals surface area contributed by atoms with Gasteiger partial charge in [0.2, 0.25) is 0 Å². The van der Waals surface area contributed by atoms with Gasteiger partial charge < -0.3 is 24.1 Å². The van der Waals surface area contributed by atoms with E-state index in [2.05, 4.69) is 63.5 Å². The number of aromatic amines is 1. The van der Waals surface area contributed by atoms with Gasteiger partial charge in [-0.15, -0.1) is 0 Å². The smallest absolute Gasteiger partial charge is 0.330 e. The quantitative estimate of drug-likeness (QED) is 0.0552. The first-order valence-corrected chi connectivity index (χ1v) is 25.8. The molecule has 0 radical (unpaired) electrons. The molecular weight excluding hydrogens is 883 g/mol. The van der Waals surface area contributed by atoms with Crippen LogP contribution in [0, 0.1) is 80.3 Å². The predicted molar refractivity (Wildman–Crippen MR) is 257 cm³/mol. The van der Waals surface area contributed by atoms with E-state index in [0.717, 1.165) is 64.2 Å². The van der Waals surface area contributed by atoms with Crippen LogP contribution in [0.1, 0.15) is 178 Å². The van der Waals surface area contributed by atoms with Gasteiger partial charge in [0.15, 0.2) is 0 Å². The van der Waals surface area contributed by atoms with E-state index in [1.54, 1.807) is 20.8 Å². The number of H-pyrrole nitrogens is 1. The van der Waals surface area contributed by atoms with Gasteiger partial charge in [-0.05, 0) is 148 Å². The van der Waals surface area contributed by atoms with E-state index in [-0.39, 0.29) is 71.4 Å². The summed E-state index contributed by atoms with van der Waals surface area (Å²) < 4.78 is 25.4. The summed E-state index contributed by atoms with van der Waals surface area (Å²) in [5.41, 5.74) is 6.30. The van der Waals surface area contributed by atoms with Crippen molar-refractivity contribution in [3.8, 4) is 0 Å². The van der Waals surface area contributed by atoms with Gasteiger partial charge in [-0.2, -0.15) is 0 Å². The van der Waals surface area contributed by atoms with Crippen molar-refractivity contribution in [2.24, 2.45) is 78.5 Å². The fourth-order valence-electron chi connectivity index (χ4n) is 16.0. The van der Waals surface area contributed by atoms with Crippen molar-refractivity contribution in [2.75, 3.05) is 13.2 Å². The van der Waals surface area contributed by atoms with Crippen molar-refractivity contribution < 1.29 is 43.2 Å². The molecule has 5 aliphatic carbocycles. The van der Waals surface area contributed by atoms with Gasteiger partial charge in [0.05, 0.1) is 37.3 Å². The Morgan fingerprint density at radius 1 is 0.884 bits per heavy atom. The number of carbonyl (C=O) groups excluding carboxylic acids is 3. The molecule has 7 rings (SSSR count). The van der Waals surface area contributed by atoms with E-state index in [4.69, 9.17) is 18.9 Å². The number of azide groups is 1. The Labute approximate surface area is 407 Å². The molecule has 0 aromatic carbocycles. The highest BCUT2D eigenvalue weighted by Gasteiger charge is 2.71. The Bertz CT molecular complexity index is 2330. The number of carboxylic acids is 1. The van der Waals surface area contributed by atoms with E-state index in [9.17, 15) is 39.4 Å². The molecule has 0 spiro atoms. The number of carboxylic acid groups (broad SMARTS) is 1. The van der Waals surface area contributed by atoms with Crippen LogP contribution in [0.5, 0.6) is 0 Å². The lowest BCUT2D eigenvalue weighted by molar-refractivity contribution is -0.253. The van der Waals surface area contributed by atoms with Crippen LogP contribution in [0.25, 0.3) is 10.4 Å². The van der Waals surface area contributed by atoms with Crippen LogP contribution in [0.4, 0.5) is 0 Å². The summed E-state index contributed by atoms with van der Waals surface area (Å²) in [5.74, 6) is 0.522. The number of ether oxygens (including phenoxy) is 4. The van der Waals surface area contributed by atoms with Crippen LogP contribution < -0.4 is 11.2 Å². The number of nitrogens with zero attached hydrogens (tertiary/aromatic N) is 4. The number of esters is 3. The summed E-state index contributed by atoms with van der Waals surface area (Å²) in [6.45, 7) is 25.6. The first kappa shape index (κ1) is 52.6. The number of aromatic nitrogens is 2. The highest BCUT2D eigenvalue weighted by molar-refractivity contribution is 5.81. The molecule has 1 saturated heterocycles. The first-order valence-electron chi connectivity index (χ1n) is 25.8. The number of hydrogen-bond acceptors (Lipinski definition) is 11. The molecule has 0 bridgehead atoms. The molecular formula is C53H81N5O11. The number of aryl methyl sites for hydroxylation is 1. The Morgan fingerprint density at radius 2 is 1.57 bits per heavy atom. The van der Waals surface area contributed by atoms with E-state index < -0.39 is 58.4 Å². The summed E-state index contributed by atoms with van der Waals surface area (Å²) >= 11 is 0. The SMILES string of the molecule is Cc1cn([C@H]2C[C@H](N=[N+]=[N-])[C@@H](COC(=O)CC(C)(C)CC(=O)OC[C@]34CC[C@@H](C(C)C)[C@@H]3[C@H]3CC[C@@H]5[C@@]6(C)CC[C@H](OC(=O)CC(C)(C)C(=O)O)C(C)(C)[C@@H]6CC[C@@]5(C)[C@]3(C)CC4)O2)c(=O)[nH]c1=O. The monoisotopic (exact) mass is 964 g/mol. The molecule has 2 heterocycles. The lowest BCUT2D eigenvalue weighted by atomic mass is 9.32. The lowest BCUT2D eigenvalue weighted by Crippen LogP contribution is -2.67. The third-order valence-corrected chi connectivity index (χ3v) is 19.9. The molecule has 2 N–H and O–H groups in total. The fourth-order valence-corrected chi connectivity index (χ4v) is 16.0. The molecule has 1 aromatic rings. The maximum Gasteiger partial charge on any atom is 0.330 e. The highest BCUT2D eigenvalue weighted by Crippen LogP contribution is 2.77. The van der Waals surface area contributed by atoms with Crippen LogP contribution in [0.15, 0.2) is 20.9 Å². The molecule has 13 atom stereocenters. The standard InChI is InChI=1S/C53H81N5O11/c1-30(2)32-15-20-53(29-67-41(60)25-47(4,5)24-40(59)66-28-35-34(56-57-54)23-39(68-35)58-27-31(3)44(62)55-46(58)65)22-21-51(11)33(43(32)53)13-14-37-50(10)18-17-38(69-42(61)26-48(6,7)45(63)64)49(8,9)36(50)16-19-52(37,51)12/h27,30,32-39,43H,13-26,28-29H2,1-12H3,(H,63,64)(H,55,62,65)/t32-,33+,34-,35+,36-,37+,38-,39+,43+,50-,51+,52+,53+/m0/s1. The zero-order valence-corrected chi connectivity index (χ0v) is 43.5. The van der Waals surface area contributed by atoms with Gasteiger partial charge in [0, 0.05) is 33.9 Å². The second-order valence-electron chi connectivity index (χ2n) is 25.7. The average molecular weight is 964 g/mol. The summed E-state index contributed by atoms with van der Waals surface area (Å²) in [5, 5.41) is 13.5. The van der Waals surface area contributed by atoms with E-state index in [0.29, 0.717) is 47.7 Å². The van der Waals surface area contributed by atoms with Gasteiger partial charge in [-0.1, -0.05) is 67.4 Å². The first-order chi connectivity index (χ1) is 32.0. The summed E-state index contributed by atoms with van der Waals surface area (Å²) in [4.78, 5) is 81.7. The molecule has 384 valence electrons. The van der Waals surface area contributed by atoms with Crippen LogP contribution >= 0.6 is 0 Å². The van der Waals surface area contributed by atoms with Gasteiger partial charge in [-0.3, -0.25) is 33.5 Å². The van der Waals surface area contributed by atoms with Crippen LogP contribution in [0.2, 0.25) is 0 Å². The Hall–Kier alpha value is -4.17. The van der Waals surface area contributed by atoms with E-state index in [1.165, 1.54) is 10.8 Å². The fraction of sp³-hybridized carbons (Fsp3) is 0.849. The number of fused-ring (bicyclic) bond motifs is 7. The third-order valence-electron chi connectivity index (χ3n) is 19.9. The third kappa shape index (κ3) is 9.55. The normalized spacial score (nSPS) is 37.0. The van der Waals surface area contributed by atoms with Crippen LogP contribution in [-0.2, 0) is 38.1 Å². The molecule has 6 aliphatic rings. The molecule has 16 heteroatoms. The molecule has 1 aromatic heterocycles. The van der Waals surface area contributed by atoms with Crippen molar-refractivity contribution >= 4 is 23.9 Å². The Balaban J connectivity index is 0.983. The van der Waals surface area contributed by atoms with E-state index in [1.807, 2.05) is 13.8 Å². The molecule has 6 fully saturated rings. The van der Waals surface area contributed by atoms with Crippen molar-refractivity contribution in [1.29, 1.82) is 0 Å². The second kappa shape index (κ2) is 18.8. The Morgan fingerprint density at radius 3 is 2.22 bits per heavy atom. The number of aliphatic carboxylic acids is 1. The lowest BCUT2D eigenvalue weighted by Gasteiger charge is -2.73. The molecule has 69 heavy (non-hydrogen) atoms. The largest absolute Gasteiger partial charge is 0.481 e. The molecule has 16 nitrogen and oxygen atoms in total. The van der Waals surface area contributed by atoms with E-state index >= 15 is 0 Å². The molecule has 5 saturated carbocycles.